The summed E-state index contributed by atoms with van der Waals surface area (Å²) in [4.78, 5) is 16.1. The van der Waals surface area contributed by atoms with Crippen LogP contribution in [0.1, 0.15) is 41.9 Å². The number of nitrogens with one attached hydrogen (secondary N) is 1. The van der Waals surface area contributed by atoms with Crippen molar-refractivity contribution in [3.05, 3.63) is 17.3 Å². The van der Waals surface area contributed by atoms with Gasteiger partial charge in [0.1, 0.15) is 0 Å². The fourth-order valence-electron chi connectivity index (χ4n) is 2.28. The van der Waals surface area contributed by atoms with Crippen molar-refractivity contribution >= 4 is 15.9 Å². The number of carbonyl (C=O) groups excluding carboxylic acids is 1. The van der Waals surface area contributed by atoms with E-state index in [1.807, 2.05) is 6.92 Å². The molecule has 1 amide bonds. The third-order valence-electron chi connectivity index (χ3n) is 3.45. The molecule has 0 spiro atoms. The lowest BCUT2D eigenvalue weighted by Gasteiger charge is -2.15. The summed E-state index contributed by atoms with van der Waals surface area (Å²) < 4.78 is 30.8. The lowest BCUT2D eigenvalue weighted by atomic mass is 10.3. The first-order valence-corrected chi connectivity index (χ1v) is 8.77. The number of rotatable bonds is 6. The van der Waals surface area contributed by atoms with Crippen LogP contribution < -0.4 is 5.32 Å². The van der Waals surface area contributed by atoms with Gasteiger partial charge in [0.15, 0.2) is 5.89 Å². The molecule has 1 aliphatic rings. The second-order valence-electron chi connectivity index (χ2n) is 5.05. The molecule has 0 bridgehead atoms. The van der Waals surface area contributed by atoms with Crippen LogP contribution in [0.3, 0.4) is 0 Å². The molecule has 0 aromatic carbocycles. The van der Waals surface area contributed by atoms with Gasteiger partial charge in [-0.15, -0.1) is 0 Å². The summed E-state index contributed by atoms with van der Waals surface area (Å²) in [5.74, 6) is 0.149. The third kappa shape index (κ3) is 3.82. The topological polar surface area (TPSA) is 92.5 Å². The van der Waals surface area contributed by atoms with Gasteiger partial charge in [-0.3, -0.25) is 4.79 Å². The molecule has 1 aromatic rings. The Bertz CT molecular complexity index is 603. The van der Waals surface area contributed by atoms with E-state index in [1.54, 1.807) is 6.92 Å². The molecule has 1 N–H and O–H groups in total. The molecule has 1 fully saturated rings. The van der Waals surface area contributed by atoms with E-state index in [9.17, 15) is 13.2 Å². The molecule has 0 aliphatic carbocycles. The highest BCUT2D eigenvalue weighted by Gasteiger charge is 2.25. The summed E-state index contributed by atoms with van der Waals surface area (Å²) in [6, 6.07) is 0. The summed E-state index contributed by atoms with van der Waals surface area (Å²) in [5, 5.41) is 2.58. The van der Waals surface area contributed by atoms with E-state index < -0.39 is 15.9 Å². The highest BCUT2D eigenvalue weighted by Crippen LogP contribution is 2.13. The van der Waals surface area contributed by atoms with Crippen molar-refractivity contribution in [3.8, 4) is 0 Å². The predicted octanol–water partition coefficient (Wildman–Crippen LogP) is 0.701. The van der Waals surface area contributed by atoms with Gasteiger partial charge in [-0.2, -0.15) is 0 Å². The first-order chi connectivity index (χ1) is 9.94. The third-order valence-corrected chi connectivity index (χ3v) is 5.33. The van der Waals surface area contributed by atoms with Gasteiger partial charge in [0, 0.05) is 26.1 Å². The Hall–Kier alpha value is -1.41. The van der Waals surface area contributed by atoms with Crippen LogP contribution in [0, 0.1) is 6.92 Å². The van der Waals surface area contributed by atoms with E-state index in [0.29, 0.717) is 31.1 Å². The second kappa shape index (κ2) is 6.57. The first-order valence-electron chi connectivity index (χ1n) is 7.16. The van der Waals surface area contributed by atoms with E-state index >= 15 is 0 Å². The number of aromatic nitrogens is 1. The number of oxazole rings is 1. The molecular weight excluding hydrogens is 294 g/mol. The normalized spacial score (nSPS) is 16.3. The largest absolute Gasteiger partial charge is 0.435 e. The molecule has 7 nitrogen and oxygen atoms in total. The van der Waals surface area contributed by atoms with Crippen LogP contribution in [0.25, 0.3) is 0 Å². The van der Waals surface area contributed by atoms with Crippen molar-refractivity contribution in [1.29, 1.82) is 0 Å². The quantitative estimate of drug-likeness (QED) is 0.834. The number of nitrogens with zero attached hydrogens (tertiary/aromatic N) is 2. The molecule has 1 aliphatic heterocycles. The number of carbonyl (C=O) groups is 1. The average molecular weight is 315 g/mol. The zero-order valence-corrected chi connectivity index (χ0v) is 13.2. The molecule has 1 aromatic heterocycles. The zero-order valence-electron chi connectivity index (χ0n) is 12.4. The van der Waals surface area contributed by atoms with E-state index in [1.165, 1.54) is 4.31 Å². The van der Waals surface area contributed by atoms with Gasteiger partial charge in [-0.1, -0.05) is 6.92 Å². The molecule has 0 radical (unpaired) electrons. The van der Waals surface area contributed by atoms with Crippen LogP contribution in [-0.4, -0.2) is 49.0 Å². The van der Waals surface area contributed by atoms with Gasteiger partial charge in [0.2, 0.25) is 15.8 Å². The summed E-state index contributed by atoms with van der Waals surface area (Å²) >= 11 is 0. The van der Waals surface area contributed by atoms with Crippen molar-refractivity contribution in [1.82, 2.24) is 14.6 Å². The van der Waals surface area contributed by atoms with Crippen molar-refractivity contribution in [3.63, 3.8) is 0 Å². The summed E-state index contributed by atoms with van der Waals surface area (Å²) in [5.41, 5.74) is 0.520. The molecule has 8 heteroatoms. The lowest BCUT2D eigenvalue weighted by molar-refractivity contribution is 0.0926. The molecule has 0 unspecified atom stereocenters. The SMILES string of the molecule is CCc1nc(C)c(C(=O)NCCS(=O)(=O)N2CCCC2)o1. The maximum absolute atomic E-state index is 12.0. The number of sulfonamides is 1. The van der Waals surface area contributed by atoms with E-state index in [0.717, 1.165) is 12.8 Å². The van der Waals surface area contributed by atoms with Crippen LogP contribution in [0.2, 0.25) is 0 Å². The van der Waals surface area contributed by atoms with Crippen LogP contribution in [0.5, 0.6) is 0 Å². The van der Waals surface area contributed by atoms with Gasteiger partial charge in [0.25, 0.3) is 5.91 Å². The Morgan fingerprint density at radius 2 is 2.05 bits per heavy atom. The van der Waals surface area contributed by atoms with Crippen molar-refractivity contribution < 1.29 is 17.6 Å². The Balaban J connectivity index is 1.88. The minimum Gasteiger partial charge on any atom is -0.435 e. The van der Waals surface area contributed by atoms with Crippen molar-refractivity contribution in [2.45, 2.75) is 33.1 Å². The molecule has 0 saturated carbocycles. The Morgan fingerprint density at radius 3 is 2.62 bits per heavy atom. The van der Waals surface area contributed by atoms with Gasteiger partial charge in [-0.05, 0) is 19.8 Å². The van der Waals surface area contributed by atoms with Crippen LogP contribution >= 0.6 is 0 Å². The van der Waals surface area contributed by atoms with Crippen LogP contribution in [0.4, 0.5) is 0 Å². The van der Waals surface area contributed by atoms with E-state index in [-0.39, 0.29) is 18.1 Å². The van der Waals surface area contributed by atoms with E-state index in [4.69, 9.17) is 4.42 Å². The number of amides is 1. The Morgan fingerprint density at radius 1 is 1.38 bits per heavy atom. The van der Waals surface area contributed by atoms with E-state index in [2.05, 4.69) is 10.3 Å². The smallest absolute Gasteiger partial charge is 0.289 e. The molecule has 118 valence electrons. The number of hydrogen-bond acceptors (Lipinski definition) is 5. The maximum Gasteiger partial charge on any atom is 0.289 e. The fourth-order valence-corrected chi connectivity index (χ4v) is 3.72. The Labute approximate surface area is 124 Å². The summed E-state index contributed by atoms with van der Waals surface area (Å²) in [6.07, 6.45) is 2.42. The molecule has 1 saturated heterocycles. The van der Waals surface area contributed by atoms with Crippen LogP contribution in [-0.2, 0) is 16.4 Å². The number of aryl methyl sites for hydroxylation is 2. The fraction of sp³-hybridized carbons (Fsp3) is 0.692. The Kier molecular flexibility index (Phi) is 5.00. The van der Waals surface area contributed by atoms with Crippen molar-refractivity contribution in [2.75, 3.05) is 25.4 Å². The minimum atomic E-state index is -3.28. The lowest BCUT2D eigenvalue weighted by Crippen LogP contribution is -2.36. The molecule has 21 heavy (non-hydrogen) atoms. The maximum atomic E-state index is 12.0. The van der Waals surface area contributed by atoms with Gasteiger partial charge in [0.05, 0.1) is 11.4 Å². The summed E-state index contributed by atoms with van der Waals surface area (Å²) in [6.45, 7) is 4.81. The number of hydrogen-bond donors (Lipinski definition) is 1. The van der Waals surface area contributed by atoms with Gasteiger partial charge in [-0.25, -0.2) is 17.7 Å². The monoisotopic (exact) mass is 315 g/mol. The average Bonchev–Trinajstić information content (AvgIpc) is 3.07. The highest BCUT2D eigenvalue weighted by atomic mass is 32.2. The second-order valence-corrected chi connectivity index (χ2v) is 7.14. The molecule has 0 atom stereocenters. The standard InChI is InChI=1S/C13H21N3O4S/c1-3-11-15-10(2)12(20-11)13(17)14-6-9-21(18,19)16-7-4-5-8-16/h3-9H2,1-2H3,(H,14,17). The van der Waals surface area contributed by atoms with Gasteiger partial charge < -0.3 is 9.73 Å². The zero-order chi connectivity index (χ0) is 15.5. The van der Waals surface area contributed by atoms with Gasteiger partial charge >= 0.3 is 0 Å². The minimum absolute atomic E-state index is 0.0687. The molecular formula is C13H21N3O4S. The highest BCUT2D eigenvalue weighted by molar-refractivity contribution is 7.89. The first kappa shape index (κ1) is 16.0. The van der Waals surface area contributed by atoms with Crippen molar-refractivity contribution in [2.24, 2.45) is 0 Å². The summed E-state index contributed by atoms with van der Waals surface area (Å²) in [7, 11) is -3.28. The van der Waals surface area contributed by atoms with Crippen LogP contribution in [0.15, 0.2) is 4.42 Å². The molecule has 2 heterocycles. The predicted molar refractivity (Wildman–Crippen MR) is 77.5 cm³/mol. The molecule has 2 rings (SSSR count).